The van der Waals surface area contributed by atoms with Gasteiger partial charge in [-0.25, -0.2) is 4.98 Å². The van der Waals surface area contributed by atoms with Gasteiger partial charge in [-0.05, 0) is 30.7 Å². The number of aryl methyl sites for hydroxylation is 1. The number of hydrogen-bond acceptors (Lipinski definition) is 3. The molecule has 0 saturated carbocycles. The molecular formula is C14H11Cl2N3. The Kier molecular flexibility index (Phi) is 4.26. The van der Waals surface area contributed by atoms with Crippen LogP contribution in [0.3, 0.4) is 0 Å². The second-order valence-electron chi connectivity index (χ2n) is 4.06. The van der Waals surface area contributed by atoms with Gasteiger partial charge >= 0.3 is 0 Å². The van der Waals surface area contributed by atoms with Crippen LogP contribution < -0.4 is 5.32 Å². The minimum atomic E-state index is 0.407. The zero-order valence-electron chi connectivity index (χ0n) is 10.2. The zero-order chi connectivity index (χ0) is 13.8. The molecule has 0 aliphatic rings. The Morgan fingerprint density at radius 3 is 2.84 bits per heavy atom. The normalized spacial score (nSPS) is 10.0. The maximum absolute atomic E-state index is 8.96. The Hall–Kier alpha value is -1.76. The molecule has 0 bridgehead atoms. The quantitative estimate of drug-likeness (QED) is 0.923. The van der Waals surface area contributed by atoms with Crippen LogP contribution in [0.4, 0.5) is 5.69 Å². The third-order valence-electron chi connectivity index (χ3n) is 2.71. The summed E-state index contributed by atoms with van der Waals surface area (Å²) in [6, 6.07) is 9.29. The molecule has 0 saturated heterocycles. The number of halogens is 2. The summed E-state index contributed by atoms with van der Waals surface area (Å²) in [5.41, 5.74) is 2.89. The van der Waals surface area contributed by atoms with Gasteiger partial charge in [0, 0.05) is 23.3 Å². The van der Waals surface area contributed by atoms with E-state index in [4.69, 9.17) is 28.5 Å². The molecule has 1 heterocycles. The monoisotopic (exact) mass is 291 g/mol. The van der Waals surface area contributed by atoms with Gasteiger partial charge in [0.05, 0.1) is 10.7 Å². The molecule has 2 rings (SSSR count). The fourth-order valence-corrected chi connectivity index (χ4v) is 2.10. The van der Waals surface area contributed by atoms with Gasteiger partial charge in [-0.1, -0.05) is 29.3 Å². The van der Waals surface area contributed by atoms with Crippen LogP contribution in [0.5, 0.6) is 0 Å². The van der Waals surface area contributed by atoms with Gasteiger partial charge < -0.3 is 5.32 Å². The van der Waals surface area contributed by atoms with E-state index in [1.54, 1.807) is 24.4 Å². The molecule has 0 unspecified atom stereocenters. The van der Waals surface area contributed by atoms with E-state index in [0.29, 0.717) is 22.3 Å². The summed E-state index contributed by atoms with van der Waals surface area (Å²) in [6.45, 7) is 2.36. The predicted octanol–water partition coefficient (Wildman–Crippen LogP) is 4.18. The van der Waals surface area contributed by atoms with Crippen molar-refractivity contribution in [3.8, 4) is 6.07 Å². The van der Waals surface area contributed by atoms with Crippen molar-refractivity contribution in [3.63, 3.8) is 0 Å². The van der Waals surface area contributed by atoms with Crippen molar-refractivity contribution >= 4 is 28.9 Å². The lowest BCUT2D eigenvalue weighted by Gasteiger charge is -2.11. The third kappa shape index (κ3) is 3.17. The van der Waals surface area contributed by atoms with E-state index < -0.39 is 0 Å². The summed E-state index contributed by atoms with van der Waals surface area (Å²) in [7, 11) is 0. The molecule has 2 aromatic rings. The highest BCUT2D eigenvalue weighted by Crippen LogP contribution is 2.29. The van der Waals surface area contributed by atoms with Crippen molar-refractivity contribution in [1.29, 1.82) is 5.26 Å². The first-order chi connectivity index (χ1) is 9.11. The first-order valence-electron chi connectivity index (χ1n) is 5.65. The molecule has 19 heavy (non-hydrogen) atoms. The highest BCUT2D eigenvalue weighted by atomic mass is 35.5. The van der Waals surface area contributed by atoms with Crippen LogP contribution in [-0.4, -0.2) is 4.98 Å². The Bertz CT molecular complexity index is 648. The Labute approximate surface area is 121 Å². The molecular weight excluding hydrogens is 281 g/mol. The van der Waals surface area contributed by atoms with Gasteiger partial charge in [0.15, 0.2) is 0 Å². The summed E-state index contributed by atoms with van der Waals surface area (Å²) in [5.74, 6) is 0. The number of aromatic nitrogens is 1. The molecule has 0 spiro atoms. The maximum Gasteiger partial charge on any atom is 0.145 e. The molecule has 0 radical (unpaired) electrons. The molecule has 96 valence electrons. The van der Waals surface area contributed by atoms with Gasteiger partial charge in [-0.3, -0.25) is 0 Å². The van der Waals surface area contributed by atoms with Crippen molar-refractivity contribution in [1.82, 2.24) is 4.98 Å². The molecule has 0 atom stereocenters. The molecule has 1 aromatic heterocycles. The van der Waals surface area contributed by atoms with Crippen molar-refractivity contribution in [2.75, 3.05) is 5.32 Å². The largest absolute Gasteiger partial charge is 0.380 e. The molecule has 0 aliphatic carbocycles. The molecule has 1 N–H and O–H groups in total. The lowest BCUT2D eigenvalue weighted by atomic mass is 10.2. The predicted molar refractivity (Wildman–Crippen MR) is 77.5 cm³/mol. The SMILES string of the molecule is Cc1cc(Cl)c(NCc2cccnc2C#N)cc1Cl. The van der Waals surface area contributed by atoms with E-state index in [9.17, 15) is 0 Å². The highest BCUT2D eigenvalue weighted by Gasteiger charge is 2.06. The standard InChI is InChI=1S/C14H11Cl2N3/c1-9-5-12(16)13(6-11(9)15)19-8-10-3-2-4-18-14(10)7-17/h2-6,19H,8H2,1H3. The lowest BCUT2D eigenvalue weighted by molar-refractivity contribution is 1.09. The number of anilines is 1. The van der Waals surface area contributed by atoms with E-state index in [-0.39, 0.29) is 0 Å². The van der Waals surface area contributed by atoms with Crippen LogP contribution in [0.25, 0.3) is 0 Å². The molecule has 1 aromatic carbocycles. The summed E-state index contributed by atoms with van der Waals surface area (Å²) in [6.07, 6.45) is 1.60. The molecule has 0 aliphatic heterocycles. The average molecular weight is 292 g/mol. The van der Waals surface area contributed by atoms with Gasteiger partial charge in [0.1, 0.15) is 11.8 Å². The summed E-state index contributed by atoms with van der Waals surface area (Å²) >= 11 is 12.2. The molecule has 3 nitrogen and oxygen atoms in total. The Balaban J connectivity index is 2.20. The third-order valence-corrected chi connectivity index (χ3v) is 3.43. The number of rotatable bonds is 3. The first-order valence-corrected chi connectivity index (χ1v) is 6.41. The number of hydrogen-bond donors (Lipinski definition) is 1. The van der Waals surface area contributed by atoms with Gasteiger partial charge in [0.2, 0.25) is 0 Å². The fraction of sp³-hybridized carbons (Fsp3) is 0.143. The van der Waals surface area contributed by atoms with Crippen LogP contribution in [0.1, 0.15) is 16.8 Å². The topological polar surface area (TPSA) is 48.7 Å². The Morgan fingerprint density at radius 1 is 1.32 bits per heavy atom. The van der Waals surface area contributed by atoms with Crippen LogP contribution in [0.2, 0.25) is 10.0 Å². The number of nitrogens with one attached hydrogen (secondary N) is 1. The van der Waals surface area contributed by atoms with Gasteiger partial charge in [-0.15, -0.1) is 0 Å². The second kappa shape index (κ2) is 5.92. The number of benzene rings is 1. The first kappa shape index (κ1) is 13.7. The van der Waals surface area contributed by atoms with Crippen molar-refractivity contribution in [3.05, 3.63) is 57.3 Å². The van der Waals surface area contributed by atoms with Crippen LogP contribution >= 0.6 is 23.2 Å². The molecule has 0 amide bonds. The van der Waals surface area contributed by atoms with Crippen molar-refractivity contribution in [2.24, 2.45) is 0 Å². The van der Waals surface area contributed by atoms with Crippen LogP contribution in [-0.2, 0) is 6.54 Å². The zero-order valence-corrected chi connectivity index (χ0v) is 11.8. The van der Waals surface area contributed by atoms with Crippen LogP contribution in [0, 0.1) is 18.3 Å². The van der Waals surface area contributed by atoms with Gasteiger partial charge in [0.25, 0.3) is 0 Å². The summed E-state index contributed by atoms with van der Waals surface area (Å²) in [4.78, 5) is 4.00. The summed E-state index contributed by atoms with van der Waals surface area (Å²) in [5, 5.41) is 13.4. The maximum atomic E-state index is 8.96. The fourth-order valence-electron chi connectivity index (χ4n) is 1.65. The van der Waals surface area contributed by atoms with E-state index in [0.717, 1.165) is 16.8 Å². The summed E-state index contributed by atoms with van der Waals surface area (Å²) < 4.78 is 0. The number of pyridine rings is 1. The van der Waals surface area contributed by atoms with E-state index in [1.165, 1.54) is 0 Å². The number of nitriles is 1. The lowest BCUT2D eigenvalue weighted by Crippen LogP contribution is -2.03. The second-order valence-corrected chi connectivity index (χ2v) is 4.87. The van der Waals surface area contributed by atoms with E-state index in [1.807, 2.05) is 13.0 Å². The van der Waals surface area contributed by atoms with Gasteiger partial charge in [-0.2, -0.15) is 5.26 Å². The highest BCUT2D eigenvalue weighted by molar-refractivity contribution is 6.35. The number of nitrogens with zero attached hydrogens (tertiary/aromatic N) is 2. The smallest absolute Gasteiger partial charge is 0.145 e. The minimum absolute atomic E-state index is 0.407. The van der Waals surface area contributed by atoms with E-state index >= 15 is 0 Å². The van der Waals surface area contributed by atoms with Crippen LogP contribution in [0.15, 0.2) is 30.5 Å². The van der Waals surface area contributed by atoms with Crippen molar-refractivity contribution < 1.29 is 0 Å². The minimum Gasteiger partial charge on any atom is -0.380 e. The molecule has 5 heteroatoms. The van der Waals surface area contributed by atoms with Crippen molar-refractivity contribution in [2.45, 2.75) is 13.5 Å². The Morgan fingerprint density at radius 2 is 2.11 bits per heavy atom. The molecule has 0 fully saturated rings. The average Bonchev–Trinajstić information content (AvgIpc) is 2.41. The van der Waals surface area contributed by atoms with E-state index in [2.05, 4.69) is 16.4 Å².